The SMILES string of the molecule is CO[C@H]1CCN(C(OC2CCC(C(=O)O)CC2)(C(=O)Cc2cc(Cl)c(NC(=O)c3cn(C)c4ccccc34)cc2Cl)N2CCCC2)C1. The number of aliphatic carboxylic acids is 1. The van der Waals surface area contributed by atoms with Crippen LogP contribution in [0.15, 0.2) is 42.6 Å². The summed E-state index contributed by atoms with van der Waals surface area (Å²) in [6, 6.07) is 10.9. The van der Waals surface area contributed by atoms with Crippen LogP contribution in [0.5, 0.6) is 0 Å². The molecule has 0 spiro atoms. The lowest BCUT2D eigenvalue weighted by Gasteiger charge is -2.48. The van der Waals surface area contributed by atoms with E-state index in [9.17, 15) is 19.5 Å². The van der Waals surface area contributed by atoms with Crippen LogP contribution >= 0.6 is 23.2 Å². The number of amides is 1. The third-order valence-electron chi connectivity index (χ3n) is 10.0. The van der Waals surface area contributed by atoms with E-state index in [-0.39, 0.29) is 35.3 Å². The topological polar surface area (TPSA) is 113 Å². The number of carbonyl (C=O) groups excluding carboxylic acids is 2. The second-order valence-corrected chi connectivity index (χ2v) is 13.8. The maximum absolute atomic E-state index is 14.8. The van der Waals surface area contributed by atoms with Crippen LogP contribution in [0.3, 0.4) is 0 Å². The summed E-state index contributed by atoms with van der Waals surface area (Å²) in [6.45, 7) is 2.58. The maximum Gasteiger partial charge on any atom is 0.306 e. The predicted molar refractivity (Wildman–Crippen MR) is 181 cm³/mol. The molecule has 3 heterocycles. The Hall–Kier alpha value is -2.99. The first-order valence-corrected chi connectivity index (χ1v) is 17.2. The molecular formula is C35H42Cl2N4O6. The molecule has 47 heavy (non-hydrogen) atoms. The molecular weight excluding hydrogens is 643 g/mol. The number of hydrogen-bond donors (Lipinski definition) is 2. The average molecular weight is 686 g/mol. The monoisotopic (exact) mass is 684 g/mol. The first kappa shape index (κ1) is 33.9. The number of ketones is 1. The normalized spacial score (nSPS) is 23.6. The molecule has 2 N–H and O–H groups in total. The number of ether oxygens (including phenoxy) is 2. The summed E-state index contributed by atoms with van der Waals surface area (Å²) in [5.74, 6) is -2.99. The fraction of sp³-hybridized carbons (Fsp3) is 0.514. The van der Waals surface area contributed by atoms with Gasteiger partial charge in [-0.15, -0.1) is 0 Å². The molecule has 6 rings (SSSR count). The van der Waals surface area contributed by atoms with Crippen molar-refractivity contribution in [3.63, 3.8) is 0 Å². The molecule has 1 saturated carbocycles. The lowest BCUT2D eigenvalue weighted by Crippen LogP contribution is -2.67. The van der Waals surface area contributed by atoms with Crippen molar-refractivity contribution >= 4 is 57.5 Å². The number of anilines is 1. The number of benzene rings is 2. The highest BCUT2D eigenvalue weighted by atomic mass is 35.5. The van der Waals surface area contributed by atoms with Crippen molar-refractivity contribution in [2.24, 2.45) is 13.0 Å². The number of aryl methyl sites for hydroxylation is 1. The summed E-state index contributed by atoms with van der Waals surface area (Å²) < 4.78 is 14.5. The van der Waals surface area contributed by atoms with Crippen molar-refractivity contribution in [2.75, 3.05) is 38.6 Å². The highest BCUT2D eigenvalue weighted by Crippen LogP contribution is 2.39. The van der Waals surface area contributed by atoms with Crippen molar-refractivity contribution in [2.45, 2.75) is 69.4 Å². The molecule has 2 saturated heterocycles. The maximum atomic E-state index is 14.8. The van der Waals surface area contributed by atoms with E-state index >= 15 is 0 Å². The van der Waals surface area contributed by atoms with E-state index in [1.54, 1.807) is 25.4 Å². The Morgan fingerprint density at radius 1 is 0.957 bits per heavy atom. The van der Waals surface area contributed by atoms with Gasteiger partial charge in [0.25, 0.3) is 5.91 Å². The van der Waals surface area contributed by atoms with Crippen LogP contribution in [0, 0.1) is 5.92 Å². The predicted octanol–water partition coefficient (Wildman–Crippen LogP) is 5.98. The number of para-hydroxylation sites is 1. The minimum absolute atomic E-state index is 0.0289. The second kappa shape index (κ2) is 14.2. The van der Waals surface area contributed by atoms with Gasteiger partial charge in [0.05, 0.1) is 34.4 Å². The summed E-state index contributed by atoms with van der Waals surface area (Å²) in [5, 5.41) is 13.9. The number of carboxylic acids is 1. The number of methoxy groups -OCH3 is 1. The molecule has 3 aliphatic rings. The van der Waals surface area contributed by atoms with Crippen LogP contribution in [0.25, 0.3) is 10.9 Å². The van der Waals surface area contributed by atoms with Crippen LogP contribution < -0.4 is 5.32 Å². The Morgan fingerprint density at radius 2 is 1.68 bits per heavy atom. The molecule has 252 valence electrons. The molecule has 1 unspecified atom stereocenters. The van der Waals surface area contributed by atoms with E-state index in [0.717, 1.165) is 30.2 Å². The molecule has 1 aromatic heterocycles. The summed E-state index contributed by atoms with van der Waals surface area (Å²) in [6.07, 6.45) is 6.28. The number of carbonyl (C=O) groups is 3. The van der Waals surface area contributed by atoms with E-state index in [2.05, 4.69) is 15.1 Å². The lowest BCUT2D eigenvalue weighted by molar-refractivity contribution is -0.253. The molecule has 3 aromatic rings. The molecule has 1 aliphatic carbocycles. The number of Topliss-reactive ketones (excluding diaryl/α,β-unsaturated/α-hetero) is 1. The van der Waals surface area contributed by atoms with Gasteiger partial charge >= 0.3 is 5.97 Å². The van der Waals surface area contributed by atoms with E-state index < -0.39 is 17.7 Å². The Bertz CT molecular complexity index is 1650. The Kier molecular flexibility index (Phi) is 10.3. The number of carboxylic acid groups (broad SMARTS) is 1. The molecule has 2 aliphatic heterocycles. The van der Waals surface area contributed by atoms with E-state index in [1.807, 2.05) is 35.9 Å². The van der Waals surface area contributed by atoms with Gasteiger partial charge in [-0.1, -0.05) is 41.4 Å². The third-order valence-corrected chi connectivity index (χ3v) is 10.7. The Morgan fingerprint density at radius 3 is 2.36 bits per heavy atom. The number of halogens is 2. The van der Waals surface area contributed by atoms with Crippen LogP contribution in [0.2, 0.25) is 10.0 Å². The first-order chi connectivity index (χ1) is 22.6. The highest BCUT2D eigenvalue weighted by Gasteiger charge is 2.54. The molecule has 0 radical (unpaired) electrons. The number of aromatic nitrogens is 1. The summed E-state index contributed by atoms with van der Waals surface area (Å²) in [7, 11) is 3.57. The number of fused-ring (bicyclic) bond motifs is 1. The fourth-order valence-electron chi connectivity index (χ4n) is 7.46. The number of nitrogens with one attached hydrogen (secondary N) is 1. The van der Waals surface area contributed by atoms with Gasteiger partial charge in [0, 0.05) is 68.9 Å². The number of nitrogens with zero attached hydrogens (tertiary/aromatic N) is 3. The molecule has 1 amide bonds. The van der Waals surface area contributed by atoms with Crippen LogP contribution in [0.1, 0.15) is 60.9 Å². The van der Waals surface area contributed by atoms with Gasteiger partial charge in [-0.2, -0.15) is 0 Å². The minimum Gasteiger partial charge on any atom is -0.481 e. The first-order valence-electron chi connectivity index (χ1n) is 16.4. The van der Waals surface area contributed by atoms with Crippen LogP contribution in [-0.4, -0.2) is 88.5 Å². The second-order valence-electron chi connectivity index (χ2n) is 13.0. The smallest absolute Gasteiger partial charge is 0.306 e. The fourth-order valence-corrected chi connectivity index (χ4v) is 7.93. The molecule has 10 nitrogen and oxygen atoms in total. The number of hydrogen-bond acceptors (Lipinski definition) is 7. The van der Waals surface area contributed by atoms with E-state index in [0.29, 0.717) is 73.7 Å². The summed E-state index contributed by atoms with van der Waals surface area (Å²) in [4.78, 5) is 44.0. The summed E-state index contributed by atoms with van der Waals surface area (Å²) in [5.41, 5.74) is 2.34. The minimum atomic E-state index is -1.35. The van der Waals surface area contributed by atoms with Crippen molar-refractivity contribution < 1.29 is 29.0 Å². The number of likely N-dealkylation sites (tertiary alicyclic amines) is 2. The van der Waals surface area contributed by atoms with Gasteiger partial charge < -0.3 is 24.5 Å². The zero-order chi connectivity index (χ0) is 33.3. The van der Waals surface area contributed by atoms with Gasteiger partial charge in [-0.25, -0.2) is 0 Å². The zero-order valence-electron chi connectivity index (χ0n) is 26.8. The molecule has 3 fully saturated rings. The molecule has 0 bridgehead atoms. The van der Waals surface area contributed by atoms with Gasteiger partial charge in [0.15, 0.2) is 5.78 Å². The quantitative estimate of drug-likeness (QED) is 0.254. The van der Waals surface area contributed by atoms with Gasteiger partial charge in [-0.05, 0) is 68.7 Å². The van der Waals surface area contributed by atoms with Crippen molar-refractivity contribution in [1.29, 1.82) is 0 Å². The Balaban J connectivity index is 1.27. The van der Waals surface area contributed by atoms with Gasteiger partial charge in [-0.3, -0.25) is 24.2 Å². The molecule has 2 atom stereocenters. The molecule has 12 heteroatoms. The highest BCUT2D eigenvalue weighted by molar-refractivity contribution is 6.36. The zero-order valence-corrected chi connectivity index (χ0v) is 28.4. The average Bonchev–Trinajstić information content (AvgIpc) is 3.84. The van der Waals surface area contributed by atoms with Crippen LogP contribution in [0.4, 0.5) is 5.69 Å². The van der Waals surface area contributed by atoms with Crippen molar-refractivity contribution in [3.8, 4) is 0 Å². The Labute approximate surface area is 284 Å². The van der Waals surface area contributed by atoms with E-state index in [1.165, 1.54) is 0 Å². The van der Waals surface area contributed by atoms with Crippen LogP contribution in [-0.2, 0) is 32.5 Å². The summed E-state index contributed by atoms with van der Waals surface area (Å²) >= 11 is 13.6. The van der Waals surface area contributed by atoms with E-state index in [4.69, 9.17) is 32.7 Å². The third kappa shape index (κ3) is 6.82. The number of rotatable bonds is 11. The molecule has 2 aromatic carbocycles. The van der Waals surface area contributed by atoms with Crippen molar-refractivity contribution in [1.82, 2.24) is 14.4 Å². The standard InChI is InChI=1S/C35H42Cl2N4O6/c1-39-21-27(26-7-3-4-8-31(26)39)33(43)38-30-19-28(36)23(17-29(30)37)18-32(42)35(40-14-5-6-15-40,41-16-13-25(20-41)46-2)47-24-11-9-22(10-12-24)34(44)45/h3-4,7-8,17,19,21-22,24-25H,5-6,9-16,18,20H2,1-2H3,(H,38,43)(H,44,45)/t22?,24?,25-,35?/m0/s1. The largest absolute Gasteiger partial charge is 0.481 e. The lowest BCUT2D eigenvalue weighted by atomic mass is 9.87. The van der Waals surface area contributed by atoms with Gasteiger partial charge in [0.2, 0.25) is 5.85 Å². The van der Waals surface area contributed by atoms with Crippen molar-refractivity contribution in [3.05, 3.63) is 63.8 Å². The van der Waals surface area contributed by atoms with Gasteiger partial charge in [0.1, 0.15) is 0 Å².